The van der Waals surface area contributed by atoms with Gasteiger partial charge in [-0.2, -0.15) is 13.2 Å². The zero-order valence-electron chi connectivity index (χ0n) is 21.4. The largest absolute Gasteiger partial charge is 0.494 e. The normalized spacial score (nSPS) is 17.7. The second-order valence-corrected chi connectivity index (χ2v) is 9.77. The maximum Gasteiger partial charge on any atom is 0.433 e. The Balaban J connectivity index is 1.23. The second-order valence-electron chi connectivity index (χ2n) is 9.77. The van der Waals surface area contributed by atoms with Gasteiger partial charge in [-0.05, 0) is 55.4 Å². The number of amides is 1. The summed E-state index contributed by atoms with van der Waals surface area (Å²) in [5.74, 6) is 1.24. The number of pyridine rings is 1. The first-order valence-corrected chi connectivity index (χ1v) is 12.8. The molecule has 2 aromatic carbocycles. The van der Waals surface area contributed by atoms with Gasteiger partial charge in [0.25, 0.3) is 5.91 Å². The lowest BCUT2D eigenvalue weighted by Gasteiger charge is -2.27. The number of hydrogen-bond acceptors (Lipinski definition) is 5. The van der Waals surface area contributed by atoms with Crippen molar-refractivity contribution in [1.29, 1.82) is 0 Å². The molecule has 1 aliphatic carbocycles. The number of fused-ring (bicyclic) bond motifs is 1. The number of imidazole rings is 1. The Labute approximate surface area is 223 Å². The van der Waals surface area contributed by atoms with E-state index in [2.05, 4.69) is 27.4 Å². The molecule has 204 valence electrons. The van der Waals surface area contributed by atoms with Gasteiger partial charge in [0, 0.05) is 18.6 Å². The minimum atomic E-state index is -4.65. The van der Waals surface area contributed by atoms with Gasteiger partial charge >= 0.3 is 6.18 Å². The highest BCUT2D eigenvalue weighted by molar-refractivity contribution is 6.04. The topological polar surface area (TPSA) is 89.1 Å². The maximum absolute atomic E-state index is 13.0. The van der Waals surface area contributed by atoms with Crippen LogP contribution in [0.2, 0.25) is 0 Å². The number of nitrogens with one attached hydrogen (secondary N) is 2. The van der Waals surface area contributed by atoms with Crippen molar-refractivity contribution in [2.75, 3.05) is 19.0 Å². The number of methoxy groups -OCH3 is 1. The summed E-state index contributed by atoms with van der Waals surface area (Å²) in [6.45, 7) is 1.36. The van der Waals surface area contributed by atoms with Crippen LogP contribution in [0.5, 0.6) is 5.75 Å². The molecule has 2 heterocycles. The van der Waals surface area contributed by atoms with Gasteiger partial charge < -0.3 is 19.8 Å². The molecule has 0 aliphatic heterocycles. The SMILES string of the molecule is COc1cc2nc(C3CCC(COCc4ccccc4)CC3)[nH]c2cc1NC(=O)c1cccc(C(F)(F)F)n1. The Morgan fingerprint density at radius 3 is 2.51 bits per heavy atom. The van der Waals surface area contributed by atoms with E-state index in [9.17, 15) is 18.0 Å². The molecular formula is C29H29F3N4O3. The van der Waals surface area contributed by atoms with E-state index < -0.39 is 17.8 Å². The number of nitrogens with zero attached hydrogens (tertiary/aromatic N) is 2. The van der Waals surface area contributed by atoms with Crippen molar-refractivity contribution < 1.29 is 27.4 Å². The van der Waals surface area contributed by atoms with E-state index in [0.717, 1.165) is 50.2 Å². The number of anilines is 1. The first kappa shape index (κ1) is 26.7. The molecule has 1 aliphatic rings. The number of hydrogen-bond donors (Lipinski definition) is 2. The predicted octanol–water partition coefficient (Wildman–Crippen LogP) is 6.73. The highest BCUT2D eigenvalue weighted by atomic mass is 19.4. The van der Waals surface area contributed by atoms with Crippen molar-refractivity contribution >= 4 is 22.6 Å². The average molecular weight is 539 g/mol. The number of alkyl halides is 3. The monoisotopic (exact) mass is 538 g/mol. The van der Waals surface area contributed by atoms with E-state index in [4.69, 9.17) is 14.5 Å². The number of aromatic nitrogens is 3. The fourth-order valence-corrected chi connectivity index (χ4v) is 4.94. The van der Waals surface area contributed by atoms with Gasteiger partial charge in [-0.25, -0.2) is 9.97 Å². The molecule has 0 atom stereocenters. The van der Waals surface area contributed by atoms with Crippen LogP contribution in [0.25, 0.3) is 11.0 Å². The lowest BCUT2D eigenvalue weighted by molar-refractivity contribution is -0.141. The van der Waals surface area contributed by atoms with Crippen LogP contribution in [0.1, 0.15) is 59.2 Å². The molecule has 7 nitrogen and oxygen atoms in total. The summed E-state index contributed by atoms with van der Waals surface area (Å²) >= 11 is 0. The molecule has 10 heteroatoms. The van der Waals surface area contributed by atoms with Gasteiger partial charge in [-0.3, -0.25) is 4.79 Å². The van der Waals surface area contributed by atoms with Crippen LogP contribution < -0.4 is 10.1 Å². The van der Waals surface area contributed by atoms with E-state index in [1.54, 1.807) is 12.1 Å². The Morgan fingerprint density at radius 2 is 1.79 bits per heavy atom. The second kappa shape index (κ2) is 11.4. The number of aromatic amines is 1. The van der Waals surface area contributed by atoms with Gasteiger partial charge in [0.1, 0.15) is 23.0 Å². The summed E-state index contributed by atoms with van der Waals surface area (Å²) in [4.78, 5) is 24.3. The first-order valence-electron chi connectivity index (χ1n) is 12.8. The summed E-state index contributed by atoms with van der Waals surface area (Å²) in [5.41, 5.74) is 1.39. The van der Waals surface area contributed by atoms with E-state index in [1.165, 1.54) is 18.7 Å². The third-order valence-corrected chi connectivity index (χ3v) is 7.04. The molecule has 1 fully saturated rings. The molecule has 2 N–H and O–H groups in total. The molecule has 2 aromatic heterocycles. The summed E-state index contributed by atoms with van der Waals surface area (Å²) in [5, 5.41) is 2.62. The zero-order valence-corrected chi connectivity index (χ0v) is 21.4. The summed E-state index contributed by atoms with van der Waals surface area (Å²) < 4.78 is 50.4. The number of carbonyl (C=O) groups is 1. The smallest absolute Gasteiger partial charge is 0.433 e. The first-order chi connectivity index (χ1) is 18.8. The minimum absolute atomic E-state index is 0.279. The number of rotatable bonds is 8. The average Bonchev–Trinajstić information content (AvgIpc) is 3.36. The van der Waals surface area contributed by atoms with Crippen molar-refractivity contribution in [1.82, 2.24) is 15.0 Å². The molecule has 1 amide bonds. The standard InChI is InChI=1S/C29H29F3N4O3/c1-38-25-15-23-22(14-24(25)36-28(37)21-8-5-9-26(33-21)29(30,31)32)34-27(35-23)20-12-10-19(11-13-20)17-39-16-18-6-3-2-4-7-18/h2-9,14-15,19-20H,10-13,16-17H2,1H3,(H,34,35)(H,36,37). The third-order valence-electron chi connectivity index (χ3n) is 7.04. The Bertz CT molecular complexity index is 1430. The van der Waals surface area contributed by atoms with Crippen molar-refractivity contribution in [3.8, 4) is 5.75 Å². The van der Waals surface area contributed by atoms with Gasteiger partial charge in [0.15, 0.2) is 0 Å². The molecule has 0 spiro atoms. The Hall–Kier alpha value is -3.92. The van der Waals surface area contributed by atoms with E-state index in [-0.39, 0.29) is 11.6 Å². The lowest BCUT2D eigenvalue weighted by Crippen LogP contribution is -2.18. The van der Waals surface area contributed by atoms with E-state index in [1.807, 2.05) is 18.2 Å². The van der Waals surface area contributed by atoms with Crippen LogP contribution in [-0.2, 0) is 17.5 Å². The molecular weight excluding hydrogens is 509 g/mol. The van der Waals surface area contributed by atoms with Crippen LogP contribution in [0, 0.1) is 5.92 Å². The summed E-state index contributed by atoms with van der Waals surface area (Å²) in [6, 6.07) is 16.7. The number of carbonyl (C=O) groups excluding carboxylic acids is 1. The van der Waals surface area contributed by atoms with Gasteiger partial charge in [-0.1, -0.05) is 36.4 Å². The van der Waals surface area contributed by atoms with Gasteiger partial charge in [0.05, 0.1) is 30.4 Å². The van der Waals surface area contributed by atoms with Crippen molar-refractivity contribution in [3.63, 3.8) is 0 Å². The molecule has 0 saturated heterocycles. The maximum atomic E-state index is 13.0. The third kappa shape index (κ3) is 6.39. The summed E-state index contributed by atoms with van der Waals surface area (Å²) in [6.07, 6.45) is -0.577. The van der Waals surface area contributed by atoms with Gasteiger partial charge in [-0.15, -0.1) is 0 Å². The van der Waals surface area contributed by atoms with Crippen LogP contribution in [0.4, 0.5) is 18.9 Å². The molecule has 4 aromatic rings. The molecule has 1 saturated carbocycles. The Kier molecular flexibility index (Phi) is 7.83. The van der Waals surface area contributed by atoms with Gasteiger partial charge in [0.2, 0.25) is 0 Å². The molecule has 39 heavy (non-hydrogen) atoms. The lowest BCUT2D eigenvalue weighted by atomic mass is 9.82. The fraction of sp³-hybridized carbons (Fsp3) is 0.345. The van der Waals surface area contributed by atoms with E-state index >= 15 is 0 Å². The minimum Gasteiger partial charge on any atom is -0.494 e. The molecule has 0 unspecified atom stereocenters. The quantitative estimate of drug-likeness (QED) is 0.260. The van der Waals surface area contributed by atoms with Crippen molar-refractivity contribution in [2.45, 2.75) is 44.4 Å². The van der Waals surface area contributed by atoms with Crippen molar-refractivity contribution in [3.05, 3.63) is 83.4 Å². The Morgan fingerprint density at radius 1 is 1.03 bits per heavy atom. The van der Waals surface area contributed by atoms with Crippen molar-refractivity contribution in [2.24, 2.45) is 5.92 Å². The van der Waals surface area contributed by atoms with E-state index in [0.29, 0.717) is 35.0 Å². The number of ether oxygens (including phenoxy) is 2. The molecule has 0 bridgehead atoms. The fourth-order valence-electron chi connectivity index (χ4n) is 4.94. The summed E-state index contributed by atoms with van der Waals surface area (Å²) in [7, 11) is 1.45. The number of H-pyrrole nitrogens is 1. The van der Waals surface area contributed by atoms with Crippen LogP contribution in [0.3, 0.4) is 0 Å². The van der Waals surface area contributed by atoms with Crippen LogP contribution >= 0.6 is 0 Å². The highest BCUT2D eigenvalue weighted by Gasteiger charge is 2.33. The predicted molar refractivity (Wildman–Crippen MR) is 141 cm³/mol. The number of halogens is 3. The van der Waals surface area contributed by atoms with Crippen LogP contribution in [-0.4, -0.2) is 34.6 Å². The van der Waals surface area contributed by atoms with Crippen LogP contribution in [0.15, 0.2) is 60.7 Å². The zero-order chi connectivity index (χ0) is 27.4. The molecule has 0 radical (unpaired) electrons. The molecule has 5 rings (SSSR count). The highest BCUT2D eigenvalue weighted by Crippen LogP contribution is 2.37. The number of benzene rings is 2.